The third kappa shape index (κ3) is 63.8. The Bertz CT molecular complexity index is 1980. The third-order valence-corrected chi connectivity index (χ3v) is 15.7. The Morgan fingerprint density at radius 3 is 0.977 bits per heavy atom. The Hall–Kier alpha value is -3.53. The van der Waals surface area contributed by atoms with Crippen molar-refractivity contribution in [3.63, 3.8) is 0 Å². The highest BCUT2D eigenvalue weighted by molar-refractivity contribution is 7.47. The van der Waals surface area contributed by atoms with E-state index in [-0.39, 0.29) is 19.3 Å². The normalized spacial score (nSPS) is 14.9. The first-order chi connectivity index (χ1) is 42.2. The fourth-order valence-electron chi connectivity index (χ4n) is 8.59. The second kappa shape index (κ2) is 62.7. The first kappa shape index (κ1) is 83.5. The maximum absolute atomic E-state index is 12.8. The highest BCUT2D eigenvalue weighted by atomic mass is 31.2. The van der Waals surface area contributed by atoms with Crippen LogP contribution >= 0.6 is 15.6 Å². The number of hydrogen-bond acceptors (Lipinski definition) is 14. The molecule has 0 spiro atoms. The van der Waals surface area contributed by atoms with Crippen LogP contribution in [0.2, 0.25) is 0 Å². The standard InChI is InChI=1S/C69H120O16P2/c1-4-7-10-13-16-19-22-23-24-25-26-27-28-29-30-31-32-33-34-35-36-37-38-39-42-44-46-49-52-55-67(72)79-58-64(70)59-81-86(75,76)82-60-65(71)61-83-87(77,78)84-63-66(85-69(74)57-54-51-48-45-41-21-18-15-12-9-6-3)62-80-68(73)56-53-50-47-43-40-20-17-14-11-8-5-2/h7,10,14-19,23-24,26-27,29-30,32-33,64-66,70-71H,4-6,8-9,11-13,20-22,25,28,31,34-63H2,1-3H3,(H,75,76)(H,77,78)/b10-7-,17-14-,18-15-,19-16-,24-23-,27-26-,30-29-,33-32-. The highest BCUT2D eigenvalue weighted by Crippen LogP contribution is 2.45. The number of hydrogen-bond donors (Lipinski definition) is 4. The topological polar surface area (TPSA) is 231 Å². The molecule has 5 atom stereocenters. The molecule has 0 radical (unpaired) electrons. The minimum atomic E-state index is -4.92. The van der Waals surface area contributed by atoms with Crippen LogP contribution in [0.1, 0.15) is 265 Å². The van der Waals surface area contributed by atoms with E-state index < -0.39 is 91.5 Å². The minimum Gasteiger partial charge on any atom is -0.463 e. The fraction of sp³-hybridized carbons (Fsp3) is 0.725. The van der Waals surface area contributed by atoms with E-state index in [4.69, 9.17) is 32.3 Å². The number of allylic oxidation sites excluding steroid dienone is 16. The summed E-state index contributed by atoms with van der Waals surface area (Å²) in [6, 6.07) is 0. The van der Waals surface area contributed by atoms with Gasteiger partial charge in [0, 0.05) is 19.3 Å². The molecule has 0 rings (SSSR count). The van der Waals surface area contributed by atoms with E-state index in [9.17, 15) is 43.5 Å². The van der Waals surface area contributed by atoms with Crippen molar-refractivity contribution < 1.29 is 75.8 Å². The van der Waals surface area contributed by atoms with Crippen LogP contribution in [0.5, 0.6) is 0 Å². The summed E-state index contributed by atoms with van der Waals surface area (Å²) < 4.78 is 60.6. The molecule has 4 N–H and O–H groups in total. The summed E-state index contributed by atoms with van der Waals surface area (Å²) in [5.74, 6) is -1.60. The zero-order chi connectivity index (χ0) is 63.8. The van der Waals surface area contributed by atoms with E-state index >= 15 is 0 Å². The number of aliphatic hydroxyl groups is 2. The lowest BCUT2D eigenvalue weighted by Crippen LogP contribution is -2.30. The lowest BCUT2D eigenvalue weighted by Gasteiger charge is -2.21. The predicted octanol–water partition coefficient (Wildman–Crippen LogP) is 18.3. The van der Waals surface area contributed by atoms with Gasteiger partial charge in [-0.25, -0.2) is 9.13 Å². The second-order valence-electron chi connectivity index (χ2n) is 22.2. The Morgan fingerprint density at radius 2 is 0.609 bits per heavy atom. The van der Waals surface area contributed by atoms with Gasteiger partial charge in [0.25, 0.3) is 0 Å². The number of carbonyl (C=O) groups excluding carboxylic acids is 3. The molecule has 5 unspecified atom stereocenters. The van der Waals surface area contributed by atoms with Crippen molar-refractivity contribution in [1.29, 1.82) is 0 Å². The van der Waals surface area contributed by atoms with E-state index in [0.29, 0.717) is 19.3 Å². The minimum absolute atomic E-state index is 0.0933. The molecule has 0 heterocycles. The maximum atomic E-state index is 12.8. The van der Waals surface area contributed by atoms with E-state index in [0.717, 1.165) is 148 Å². The van der Waals surface area contributed by atoms with Gasteiger partial charge in [-0.05, 0) is 109 Å². The van der Waals surface area contributed by atoms with Gasteiger partial charge >= 0.3 is 33.6 Å². The quantitative estimate of drug-likeness (QED) is 0.0146. The van der Waals surface area contributed by atoms with Gasteiger partial charge in [-0.3, -0.25) is 32.5 Å². The Morgan fingerprint density at radius 1 is 0.333 bits per heavy atom. The molecule has 0 fully saturated rings. The Balaban J connectivity index is 4.38. The average molecular weight is 1270 g/mol. The number of ether oxygens (including phenoxy) is 3. The molecule has 0 aromatic rings. The summed E-state index contributed by atoms with van der Waals surface area (Å²) >= 11 is 0. The number of phosphoric ester groups is 2. The number of rotatable bonds is 63. The first-order valence-corrected chi connectivity index (χ1v) is 36.5. The fourth-order valence-corrected chi connectivity index (χ4v) is 10.2. The molecule has 0 saturated heterocycles. The molecule has 0 saturated carbocycles. The number of unbranched alkanes of at least 4 members (excludes halogenated alkanes) is 24. The molecule has 0 aliphatic carbocycles. The van der Waals surface area contributed by atoms with Gasteiger partial charge in [0.2, 0.25) is 0 Å². The SMILES string of the molecule is CC/C=C\C/C=C\C/C=C\C/C=C\C/C=C\C/C=C\CCCCCCCCCCCCC(=O)OCC(O)COP(=O)(O)OCC(O)COP(=O)(O)OCC(COC(=O)CCCCCCC/C=C\CCCC)OC(=O)CCCCCCC/C=C\CCCC. The molecule has 502 valence electrons. The Kier molecular flexibility index (Phi) is 60.1. The zero-order valence-corrected chi connectivity index (χ0v) is 56.0. The molecular formula is C69H120O16P2. The second-order valence-corrected chi connectivity index (χ2v) is 25.1. The molecule has 0 aromatic heterocycles. The van der Waals surface area contributed by atoms with Crippen LogP contribution in [0.15, 0.2) is 97.2 Å². The largest absolute Gasteiger partial charge is 0.472 e. The molecule has 0 amide bonds. The molecule has 0 aromatic carbocycles. The molecule has 87 heavy (non-hydrogen) atoms. The van der Waals surface area contributed by atoms with Gasteiger partial charge in [0.15, 0.2) is 6.10 Å². The summed E-state index contributed by atoms with van der Waals surface area (Å²) in [7, 11) is -9.76. The summed E-state index contributed by atoms with van der Waals surface area (Å²) in [5, 5.41) is 20.5. The third-order valence-electron chi connectivity index (χ3n) is 13.8. The lowest BCUT2D eigenvalue weighted by molar-refractivity contribution is -0.161. The van der Waals surface area contributed by atoms with E-state index in [1.165, 1.54) is 57.8 Å². The zero-order valence-electron chi connectivity index (χ0n) is 54.2. The number of carbonyl (C=O) groups is 3. The van der Waals surface area contributed by atoms with Gasteiger partial charge in [-0.1, -0.05) is 234 Å². The molecule has 0 aliphatic rings. The molecule has 16 nitrogen and oxygen atoms in total. The maximum Gasteiger partial charge on any atom is 0.472 e. The van der Waals surface area contributed by atoms with Crippen LogP contribution in [-0.2, 0) is 55.8 Å². The van der Waals surface area contributed by atoms with E-state index in [1.807, 2.05) is 0 Å². The lowest BCUT2D eigenvalue weighted by atomic mass is 10.1. The summed E-state index contributed by atoms with van der Waals surface area (Å²) in [4.78, 5) is 58.1. The van der Waals surface area contributed by atoms with Crippen LogP contribution < -0.4 is 0 Å². The van der Waals surface area contributed by atoms with Crippen LogP contribution in [0.25, 0.3) is 0 Å². The van der Waals surface area contributed by atoms with Gasteiger partial charge < -0.3 is 34.2 Å². The van der Waals surface area contributed by atoms with Crippen LogP contribution in [-0.4, -0.2) is 95.9 Å². The van der Waals surface area contributed by atoms with Gasteiger partial charge in [0.1, 0.15) is 25.4 Å². The summed E-state index contributed by atoms with van der Waals surface area (Å²) in [6.45, 7) is 2.43. The average Bonchev–Trinajstić information content (AvgIpc) is 3.62. The van der Waals surface area contributed by atoms with Crippen LogP contribution in [0.4, 0.5) is 0 Å². The number of esters is 3. The van der Waals surface area contributed by atoms with E-state index in [2.05, 4.69) is 118 Å². The van der Waals surface area contributed by atoms with Crippen molar-refractivity contribution in [1.82, 2.24) is 0 Å². The molecule has 0 aliphatic heterocycles. The van der Waals surface area contributed by atoms with Crippen molar-refractivity contribution in [2.24, 2.45) is 0 Å². The summed E-state index contributed by atoms with van der Waals surface area (Å²) in [6.07, 6.45) is 67.8. The van der Waals surface area contributed by atoms with Gasteiger partial charge in [0.05, 0.1) is 26.4 Å². The van der Waals surface area contributed by atoms with Gasteiger partial charge in [-0.2, -0.15) is 0 Å². The van der Waals surface area contributed by atoms with Gasteiger partial charge in [-0.15, -0.1) is 0 Å². The predicted molar refractivity (Wildman–Crippen MR) is 353 cm³/mol. The summed E-state index contributed by atoms with van der Waals surface area (Å²) in [5.41, 5.74) is 0. The molecule has 0 bridgehead atoms. The van der Waals surface area contributed by atoms with Crippen LogP contribution in [0.3, 0.4) is 0 Å². The van der Waals surface area contributed by atoms with Crippen molar-refractivity contribution >= 4 is 33.6 Å². The monoisotopic (exact) mass is 1270 g/mol. The molecule has 18 heteroatoms. The Labute approximate surface area is 527 Å². The van der Waals surface area contributed by atoms with Crippen molar-refractivity contribution in [3.8, 4) is 0 Å². The van der Waals surface area contributed by atoms with Crippen LogP contribution in [0, 0.1) is 0 Å². The first-order valence-electron chi connectivity index (χ1n) is 33.5. The van der Waals surface area contributed by atoms with Crippen molar-refractivity contribution in [3.05, 3.63) is 97.2 Å². The molecular weight excluding hydrogens is 1150 g/mol. The number of phosphoric acid groups is 2. The smallest absolute Gasteiger partial charge is 0.463 e. The van der Waals surface area contributed by atoms with E-state index in [1.54, 1.807) is 0 Å². The van der Waals surface area contributed by atoms with Crippen molar-refractivity contribution in [2.45, 2.75) is 283 Å². The highest BCUT2D eigenvalue weighted by Gasteiger charge is 2.29. The number of aliphatic hydroxyl groups excluding tert-OH is 2. The van der Waals surface area contributed by atoms with Crippen molar-refractivity contribution in [2.75, 3.05) is 39.6 Å².